The van der Waals surface area contributed by atoms with Crippen molar-refractivity contribution in [3.63, 3.8) is 0 Å². The van der Waals surface area contributed by atoms with Crippen LogP contribution >= 0.6 is 0 Å². The van der Waals surface area contributed by atoms with Crippen LogP contribution in [0.2, 0.25) is 0 Å². The summed E-state index contributed by atoms with van der Waals surface area (Å²) in [6, 6.07) is 7.42. The molecule has 0 aromatic heterocycles. The van der Waals surface area contributed by atoms with E-state index in [2.05, 4.69) is 9.73 Å². The number of aliphatic imine (C=N–C) groups is 1. The predicted octanol–water partition coefficient (Wildman–Crippen LogP) is 2.27. The molecule has 0 spiro atoms. The highest BCUT2D eigenvalue weighted by Gasteiger charge is 2.10. The van der Waals surface area contributed by atoms with Gasteiger partial charge in [0.05, 0.1) is 20.8 Å². The third kappa shape index (κ3) is 4.46. The van der Waals surface area contributed by atoms with Gasteiger partial charge in [0.1, 0.15) is 17.1 Å². The Hall–Kier alpha value is -2.30. The topological polar surface area (TPSA) is 68.1 Å². The van der Waals surface area contributed by atoms with Crippen molar-refractivity contribution in [3.8, 4) is 5.75 Å². The fraction of sp³-hybridized carbons (Fsp3) is 0.286. The highest BCUT2D eigenvalue weighted by Crippen LogP contribution is 2.12. The van der Waals surface area contributed by atoms with Gasteiger partial charge in [0.15, 0.2) is 0 Å². The lowest BCUT2D eigenvalue weighted by Crippen LogP contribution is -2.08. The van der Waals surface area contributed by atoms with E-state index in [1.165, 1.54) is 20.2 Å². The number of esters is 1. The maximum Gasteiger partial charge on any atom is 0.342 e. The van der Waals surface area contributed by atoms with Gasteiger partial charge in [-0.2, -0.15) is 0 Å². The first-order valence-electron chi connectivity index (χ1n) is 5.69. The van der Waals surface area contributed by atoms with E-state index in [9.17, 15) is 9.90 Å². The number of benzene rings is 1. The number of nitrogens with zero attached hydrogens (tertiary/aromatic N) is 1. The van der Waals surface area contributed by atoms with Gasteiger partial charge in [-0.05, 0) is 24.6 Å². The molecule has 102 valence electrons. The lowest BCUT2D eigenvalue weighted by molar-refractivity contribution is -0.135. The molecule has 0 fully saturated rings. The number of carbonyl (C=O) groups is 1. The average molecular weight is 263 g/mol. The average Bonchev–Trinajstić information content (AvgIpc) is 2.43. The van der Waals surface area contributed by atoms with Gasteiger partial charge >= 0.3 is 5.97 Å². The molecule has 1 aromatic carbocycles. The van der Waals surface area contributed by atoms with Gasteiger partial charge in [0, 0.05) is 6.21 Å². The van der Waals surface area contributed by atoms with E-state index < -0.39 is 5.97 Å². The van der Waals surface area contributed by atoms with E-state index in [-0.39, 0.29) is 11.3 Å². The molecule has 0 unspecified atom stereocenters. The maximum atomic E-state index is 11.3. The van der Waals surface area contributed by atoms with Crippen LogP contribution in [0.5, 0.6) is 5.75 Å². The first-order valence-corrected chi connectivity index (χ1v) is 5.69. The number of hydrogen-bond acceptors (Lipinski definition) is 5. The summed E-state index contributed by atoms with van der Waals surface area (Å²) >= 11 is 0. The first kappa shape index (κ1) is 14.8. The molecule has 5 heteroatoms. The van der Waals surface area contributed by atoms with Crippen LogP contribution in [0, 0.1) is 0 Å². The highest BCUT2D eigenvalue weighted by molar-refractivity contribution is 6.09. The van der Waals surface area contributed by atoms with Gasteiger partial charge in [0.2, 0.25) is 0 Å². The van der Waals surface area contributed by atoms with E-state index in [4.69, 9.17) is 4.74 Å². The second-order valence-corrected chi connectivity index (χ2v) is 3.81. The van der Waals surface area contributed by atoms with Crippen molar-refractivity contribution in [2.45, 2.75) is 13.5 Å². The molecule has 0 aliphatic heterocycles. The van der Waals surface area contributed by atoms with Gasteiger partial charge in [0.25, 0.3) is 0 Å². The molecule has 1 N–H and O–H groups in total. The molecule has 5 nitrogen and oxygen atoms in total. The minimum absolute atomic E-state index is 0.0519. The van der Waals surface area contributed by atoms with Gasteiger partial charge in [-0.15, -0.1) is 0 Å². The van der Waals surface area contributed by atoms with Crippen LogP contribution in [-0.4, -0.2) is 31.5 Å². The van der Waals surface area contributed by atoms with Crippen LogP contribution in [0.4, 0.5) is 0 Å². The molecule has 1 rings (SSSR count). The van der Waals surface area contributed by atoms with Crippen molar-refractivity contribution in [2.24, 2.45) is 4.99 Å². The molecule has 0 aliphatic rings. The monoisotopic (exact) mass is 263 g/mol. The summed E-state index contributed by atoms with van der Waals surface area (Å²) in [5.41, 5.74) is 1.02. The van der Waals surface area contributed by atoms with E-state index in [1.807, 2.05) is 24.3 Å². The lowest BCUT2D eigenvalue weighted by atomic mass is 10.2. The Morgan fingerprint density at radius 3 is 2.42 bits per heavy atom. The zero-order valence-corrected chi connectivity index (χ0v) is 11.2. The third-order valence-electron chi connectivity index (χ3n) is 2.45. The first-order chi connectivity index (χ1) is 9.08. The number of aliphatic hydroxyl groups is 1. The van der Waals surface area contributed by atoms with E-state index in [0.717, 1.165) is 11.3 Å². The minimum Gasteiger partial charge on any atom is -0.512 e. The number of rotatable bonds is 5. The quantitative estimate of drug-likeness (QED) is 0.383. The summed E-state index contributed by atoms with van der Waals surface area (Å²) < 4.78 is 9.59. The molecule has 0 saturated heterocycles. The van der Waals surface area contributed by atoms with Crippen LogP contribution < -0.4 is 4.74 Å². The van der Waals surface area contributed by atoms with Crippen LogP contribution in [0.1, 0.15) is 12.5 Å². The van der Waals surface area contributed by atoms with Crippen molar-refractivity contribution in [1.29, 1.82) is 0 Å². The Labute approximate surface area is 112 Å². The van der Waals surface area contributed by atoms with Crippen molar-refractivity contribution in [2.75, 3.05) is 14.2 Å². The molecular formula is C14H17NO4. The number of allylic oxidation sites excluding steroid dienone is 1. The van der Waals surface area contributed by atoms with E-state index in [0.29, 0.717) is 6.54 Å². The standard InChI is InChI=1S/C14H17NO4/c1-10(16)13(14(17)19-3)9-15-8-11-4-6-12(18-2)7-5-11/h4-7,9,16H,8H2,1-3H3/b13-10+,15-9?. The molecule has 0 saturated carbocycles. The van der Waals surface area contributed by atoms with E-state index in [1.54, 1.807) is 7.11 Å². The summed E-state index contributed by atoms with van der Waals surface area (Å²) in [5, 5.41) is 9.35. The number of methoxy groups -OCH3 is 2. The molecular weight excluding hydrogens is 246 g/mol. The summed E-state index contributed by atoms with van der Waals surface area (Å²) in [5.74, 6) is 0.0397. The number of ether oxygens (including phenoxy) is 2. The van der Waals surface area contributed by atoms with Gasteiger partial charge in [-0.25, -0.2) is 4.79 Å². The lowest BCUT2D eigenvalue weighted by Gasteiger charge is -2.02. The molecule has 0 atom stereocenters. The zero-order chi connectivity index (χ0) is 14.3. The number of aliphatic hydroxyl groups excluding tert-OH is 1. The summed E-state index contributed by atoms with van der Waals surface area (Å²) in [7, 11) is 2.85. The number of hydrogen-bond donors (Lipinski definition) is 1. The molecule has 1 aromatic rings. The SMILES string of the molecule is COC(=O)/C(C=NCc1ccc(OC)cc1)=C(\C)O. The van der Waals surface area contributed by atoms with Crippen LogP contribution in [-0.2, 0) is 16.1 Å². The molecule has 0 heterocycles. The van der Waals surface area contributed by atoms with Crippen LogP contribution in [0.15, 0.2) is 40.6 Å². The molecule has 0 radical (unpaired) electrons. The summed E-state index contributed by atoms with van der Waals surface area (Å²) in [6.07, 6.45) is 1.31. The zero-order valence-electron chi connectivity index (χ0n) is 11.2. The molecule has 0 amide bonds. The van der Waals surface area contributed by atoms with Gasteiger partial charge < -0.3 is 14.6 Å². The van der Waals surface area contributed by atoms with Gasteiger partial charge in [-0.3, -0.25) is 4.99 Å². The second kappa shape index (κ2) is 7.20. The Morgan fingerprint density at radius 2 is 1.95 bits per heavy atom. The minimum atomic E-state index is -0.613. The Kier molecular flexibility index (Phi) is 5.60. The van der Waals surface area contributed by atoms with E-state index >= 15 is 0 Å². The number of carbonyl (C=O) groups excluding carboxylic acids is 1. The predicted molar refractivity (Wildman–Crippen MR) is 72.5 cm³/mol. The molecule has 0 aliphatic carbocycles. The smallest absolute Gasteiger partial charge is 0.342 e. The largest absolute Gasteiger partial charge is 0.512 e. The maximum absolute atomic E-state index is 11.3. The van der Waals surface area contributed by atoms with Crippen molar-refractivity contribution in [1.82, 2.24) is 0 Å². The fourth-order valence-electron chi connectivity index (χ4n) is 1.38. The van der Waals surface area contributed by atoms with Crippen molar-refractivity contribution < 1.29 is 19.4 Å². The Morgan fingerprint density at radius 1 is 1.32 bits per heavy atom. The molecule has 0 bridgehead atoms. The van der Waals surface area contributed by atoms with Crippen molar-refractivity contribution >= 4 is 12.2 Å². The summed E-state index contributed by atoms with van der Waals surface area (Å²) in [6.45, 7) is 1.81. The Balaban J connectivity index is 2.71. The third-order valence-corrected chi connectivity index (χ3v) is 2.45. The highest BCUT2D eigenvalue weighted by atomic mass is 16.5. The summed E-state index contributed by atoms with van der Waals surface area (Å²) in [4.78, 5) is 15.4. The van der Waals surface area contributed by atoms with Crippen LogP contribution in [0.3, 0.4) is 0 Å². The fourth-order valence-corrected chi connectivity index (χ4v) is 1.38. The van der Waals surface area contributed by atoms with Crippen LogP contribution in [0.25, 0.3) is 0 Å². The van der Waals surface area contributed by atoms with Crippen molar-refractivity contribution in [3.05, 3.63) is 41.2 Å². The van der Waals surface area contributed by atoms with Gasteiger partial charge in [-0.1, -0.05) is 12.1 Å². The second-order valence-electron chi connectivity index (χ2n) is 3.81. The normalized spacial score (nSPS) is 12.2. The molecule has 19 heavy (non-hydrogen) atoms. The Bertz CT molecular complexity index is 485.